The number of nitrogens with one attached hydrogen (secondary N) is 2. The minimum atomic E-state index is -4.46. The van der Waals surface area contributed by atoms with Crippen LogP contribution in [-0.2, 0) is 6.18 Å². The molecule has 1 aliphatic carbocycles. The third kappa shape index (κ3) is 5.16. The quantitative estimate of drug-likeness (QED) is 0.553. The van der Waals surface area contributed by atoms with Gasteiger partial charge in [0, 0.05) is 35.4 Å². The Morgan fingerprint density at radius 2 is 1.77 bits per heavy atom. The predicted octanol–water partition coefficient (Wildman–Crippen LogP) is 5.65. The molecule has 4 nitrogen and oxygen atoms in total. The summed E-state index contributed by atoms with van der Waals surface area (Å²) < 4.78 is 38.6. The lowest BCUT2D eigenvalue weighted by molar-refractivity contribution is -0.137. The number of hydrogen-bond donors (Lipinski definition) is 2. The van der Waals surface area contributed by atoms with E-state index in [1.807, 2.05) is 30.3 Å². The molecule has 1 heterocycles. The standard InChI is InChI=1S/C24H24F3N3O/c25-24(26,27)18-5-1-4-17(14-18)23(31)30-19-11-9-16(10-12-19)15-29-22-8-2-7-21-20(22)6-3-13-28-21/h1-8,13-14,16,19,29H,9-12,15H2,(H,30,31). The van der Waals surface area contributed by atoms with Crippen LogP contribution in [0.5, 0.6) is 0 Å². The molecule has 0 aliphatic heterocycles. The normalized spacial score (nSPS) is 19.2. The SMILES string of the molecule is O=C(NC1CCC(CNc2cccc3ncccc23)CC1)c1cccc(C(F)(F)F)c1. The van der Waals surface area contributed by atoms with Crippen molar-refractivity contribution >= 4 is 22.5 Å². The van der Waals surface area contributed by atoms with Crippen LogP contribution in [0.2, 0.25) is 0 Å². The molecule has 2 aromatic carbocycles. The maximum atomic E-state index is 12.9. The smallest absolute Gasteiger partial charge is 0.384 e. The summed E-state index contributed by atoms with van der Waals surface area (Å²) in [6.07, 6.45) is 0.845. The average Bonchev–Trinajstić information content (AvgIpc) is 2.78. The summed E-state index contributed by atoms with van der Waals surface area (Å²) in [5.74, 6) is 0.0320. The first-order chi connectivity index (χ1) is 14.9. The summed E-state index contributed by atoms with van der Waals surface area (Å²) >= 11 is 0. The Hall–Kier alpha value is -3.09. The lowest BCUT2D eigenvalue weighted by Gasteiger charge is -2.29. The highest BCUT2D eigenvalue weighted by Crippen LogP contribution is 2.30. The molecule has 31 heavy (non-hydrogen) atoms. The molecule has 0 radical (unpaired) electrons. The number of nitrogens with zero attached hydrogens (tertiary/aromatic N) is 1. The number of aromatic nitrogens is 1. The topological polar surface area (TPSA) is 54.0 Å². The number of alkyl halides is 3. The van der Waals surface area contributed by atoms with Crippen LogP contribution < -0.4 is 10.6 Å². The van der Waals surface area contributed by atoms with Gasteiger partial charge in [0.25, 0.3) is 5.91 Å². The van der Waals surface area contributed by atoms with Crippen LogP contribution in [0.4, 0.5) is 18.9 Å². The van der Waals surface area contributed by atoms with E-state index in [0.717, 1.165) is 61.0 Å². The monoisotopic (exact) mass is 427 g/mol. The van der Waals surface area contributed by atoms with Gasteiger partial charge in [0.1, 0.15) is 0 Å². The summed E-state index contributed by atoms with van der Waals surface area (Å²) in [6.45, 7) is 0.836. The Morgan fingerprint density at radius 1 is 1.00 bits per heavy atom. The van der Waals surface area contributed by atoms with Gasteiger partial charge in [-0.25, -0.2) is 0 Å². The van der Waals surface area contributed by atoms with Gasteiger partial charge in [0.05, 0.1) is 11.1 Å². The molecule has 1 amide bonds. The second-order valence-corrected chi connectivity index (χ2v) is 8.03. The van der Waals surface area contributed by atoms with Crippen molar-refractivity contribution in [1.82, 2.24) is 10.3 Å². The zero-order valence-electron chi connectivity index (χ0n) is 17.0. The van der Waals surface area contributed by atoms with Crippen LogP contribution in [0.3, 0.4) is 0 Å². The van der Waals surface area contributed by atoms with E-state index in [9.17, 15) is 18.0 Å². The van der Waals surface area contributed by atoms with Gasteiger partial charge in [-0.2, -0.15) is 13.2 Å². The van der Waals surface area contributed by atoms with Gasteiger partial charge in [-0.15, -0.1) is 0 Å². The van der Waals surface area contributed by atoms with Crippen LogP contribution in [0, 0.1) is 5.92 Å². The highest BCUT2D eigenvalue weighted by molar-refractivity contribution is 5.94. The Labute approximate surface area is 178 Å². The van der Waals surface area contributed by atoms with Crippen molar-refractivity contribution in [3.63, 3.8) is 0 Å². The highest BCUT2D eigenvalue weighted by Gasteiger charge is 2.31. The molecule has 1 aliphatic rings. The van der Waals surface area contributed by atoms with Crippen molar-refractivity contribution in [3.05, 3.63) is 71.9 Å². The molecular formula is C24H24F3N3O. The van der Waals surface area contributed by atoms with Gasteiger partial charge in [-0.3, -0.25) is 9.78 Å². The summed E-state index contributed by atoms with van der Waals surface area (Å²) in [5.41, 5.74) is 1.25. The maximum Gasteiger partial charge on any atom is 0.416 e. The summed E-state index contributed by atoms with van der Waals surface area (Å²) in [5, 5.41) is 7.51. The van der Waals surface area contributed by atoms with Crippen molar-refractivity contribution in [2.75, 3.05) is 11.9 Å². The number of amides is 1. The third-order valence-electron chi connectivity index (χ3n) is 5.86. The highest BCUT2D eigenvalue weighted by atomic mass is 19.4. The molecule has 0 unspecified atom stereocenters. The van der Waals surface area contributed by atoms with E-state index in [1.165, 1.54) is 12.1 Å². The number of carbonyl (C=O) groups excluding carboxylic acids is 1. The van der Waals surface area contributed by atoms with Crippen molar-refractivity contribution < 1.29 is 18.0 Å². The first-order valence-electron chi connectivity index (χ1n) is 10.5. The van der Waals surface area contributed by atoms with Crippen molar-refractivity contribution in [1.29, 1.82) is 0 Å². The predicted molar refractivity (Wildman–Crippen MR) is 115 cm³/mol. The Bertz CT molecular complexity index is 1050. The van der Waals surface area contributed by atoms with E-state index in [0.29, 0.717) is 5.92 Å². The Kier molecular flexibility index (Phi) is 6.11. The zero-order valence-corrected chi connectivity index (χ0v) is 17.0. The van der Waals surface area contributed by atoms with E-state index in [-0.39, 0.29) is 11.6 Å². The number of pyridine rings is 1. The number of halogens is 3. The minimum Gasteiger partial charge on any atom is -0.384 e. The fourth-order valence-corrected chi connectivity index (χ4v) is 4.13. The number of anilines is 1. The van der Waals surface area contributed by atoms with E-state index < -0.39 is 17.6 Å². The van der Waals surface area contributed by atoms with Crippen LogP contribution >= 0.6 is 0 Å². The first kappa shape index (κ1) is 21.2. The van der Waals surface area contributed by atoms with Crippen molar-refractivity contribution in [3.8, 4) is 0 Å². The molecule has 2 N–H and O–H groups in total. The third-order valence-corrected chi connectivity index (χ3v) is 5.86. The molecule has 1 fully saturated rings. The number of benzene rings is 2. The fourth-order valence-electron chi connectivity index (χ4n) is 4.13. The number of carbonyl (C=O) groups is 1. The largest absolute Gasteiger partial charge is 0.416 e. The second-order valence-electron chi connectivity index (χ2n) is 8.03. The summed E-state index contributed by atoms with van der Waals surface area (Å²) in [6, 6.07) is 14.5. The number of rotatable bonds is 5. The molecular weight excluding hydrogens is 403 g/mol. The van der Waals surface area contributed by atoms with E-state index in [1.54, 1.807) is 6.20 Å². The van der Waals surface area contributed by atoms with Gasteiger partial charge in [-0.1, -0.05) is 12.1 Å². The molecule has 0 bridgehead atoms. The molecule has 0 saturated heterocycles. The molecule has 7 heteroatoms. The summed E-state index contributed by atoms with van der Waals surface area (Å²) in [4.78, 5) is 16.8. The first-order valence-corrected chi connectivity index (χ1v) is 10.5. The molecule has 3 aromatic rings. The number of fused-ring (bicyclic) bond motifs is 1. The van der Waals surface area contributed by atoms with Gasteiger partial charge in [-0.05, 0) is 74.1 Å². The van der Waals surface area contributed by atoms with Crippen LogP contribution in [0.15, 0.2) is 60.8 Å². The van der Waals surface area contributed by atoms with Crippen LogP contribution in [0.1, 0.15) is 41.6 Å². The number of hydrogen-bond acceptors (Lipinski definition) is 3. The molecule has 1 aromatic heterocycles. The van der Waals surface area contributed by atoms with Gasteiger partial charge >= 0.3 is 6.18 Å². The van der Waals surface area contributed by atoms with E-state index in [2.05, 4.69) is 15.6 Å². The lowest BCUT2D eigenvalue weighted by atomic mass is 9.85. The Balaban J connectivity index is 1.28. The fraction of sp³-hybridized carbons (Fsp3) is 0.333. The van der Waals surface area contributed by atoms with Crippen molar-refractivity contribution in [2.24, 2.45) is 5.92 Å². The minimum absolute atomic E-state index is 0.0138. The van der Waals surface area contributed by atoms with Gasteiger partial charge in [0.15, 0.2) is 0 Å². The summed E-state index contributed by atoms with van der Waals surface area (Å²) in [7, 11) is 0. The molecule has 1 saturated carbocycles. The molecule has 4 rings (SSSR count). The zero-order chi connectivity index (χ0) is 21.8. The average molecular weight is 427 g/mol. The Morgan fingerprint density at radius 3 is 2.55 bits per heavy atom. The second kappa shape index (κ2) is 8.96. The van der Waals surface area contributed by atoms with Crippen LogP contribution in [-0.4, -0.2) is 23.5 Å². The lowest BCUT2D eigenvalue weighted by Crippen LogP contribution is -2.38. The van der Waals surface area contributed by atoms with Gasteiger partial charge < -0.3 is 10.6 Å². The van der Waals surface area contributed by atoms with Gasteiger partial charge in [0.2, 0.25) is 0 Å². The molecule has 0 atom stereocenters. The van der Waals surface area contributed by atoms with Crippen LogP contribution in [0.25, 0.3) is 10.9 Å². The maximum absolute atomic E-state index is 12.9. The van der Waals surface area contributed by atoms with Crippen molar-refractivity contribution in [2.45, 2.75) is 37.9 Å². The molecule has 0 spiro atoms. The van der Waals surface area contributed by atoms with E-state index in [4.69, 9.17) is 0 Å². The van der Waals surface area contributed by atoms with E-state index >= 15 is 0 Å². The molecule has 162 valence electrons.